The zero-order valence-electron chi connectivity index (χ0n) is 10.2. The molecule has 0 atom stereocenters. The maximum absolute atomic E-state index is 3.42. The molecular weight excluding hydrogens is 214 g/mol. The van der Waals surface area contributed by atoms with Crippen molar-refractivity contribution in [3.05, 3.63) is 30.3 Å². The van der Waals surface area contributed by atoms with E-state index in [-0.39, 0.29) is 0 Å². The van der Waals surface area contributed by atoms with Crippen molar-refractivity contribution in [1.82, 2.24) is 5.32 Å². The second kappa shape index (κ2) is 5.24. The molecule has 0 unspecified atom stereocenters. The van der Waals surface area contributed by atoms with Crippen LogP contribution in [0.3, 0.4) is 0 Å². The molecule has 1 N–H and O–H groups in total. The largest absolute Gasteiger partial charge is 0.316 e. The molecule has 1 aliphatic heterocycles. The van der Waals surface area contributed by atoms with Gasteiger partial charge in [0.05, 0.1) is 0 Å². The Labute approximate surface area is 103 Å². The summed E-state index contributed by atoms with van der Waals surface area (Å²) < 4.78 is 0. The number of hydrogen-bond donors (Lipinski definition) is 1. The van der Waals surface area contributed by atoms with Gasteiger partial charge in [-0.25, -0.2) is 0 Å². The summed E-state index contributed by atoms with van der Waals surface area (Å²) in [7, 11) is 0. The lowest BCUT2D eigenvalue weighted by molar-refractivity contribution is 0.0956. The van der Waals surface area contributed by atoms with Crippen molar-refractivity contribution < 1.29 is 0 Å². The van der Waals surface area contributed by atoms with Crippen LogP contribution in [0.25, 0.3) is 0 Å². The van der Waals surface area contributed by atoms with Crippen LogP contribution in [0.5, 0.6) is 0 Å². The van der Waals surface area contributed by atoms with Crippen LogP contribution in [0.2, 0.25) is 0 Å². The molecule has 0 amide bonds. The Morgan fingerprint density at radius 1 is 1.25 bits per heavy atom. The Hall–Kier alpha value is -0.470. The summed E-state index contributed by atoms with van der Waals surface area (Å²) in [5, 5.41) is 3.42. The van der Waals surface area contributed by atoms with Crippen LogP contribution >= 0.6 is 11.8 Å². The molecule has 1 fully saturated rings. The lowest BCUT2D eigenvalue weighted by Crippen LogP contribution is -2.56. The Morgan fingerprint density at radius 3 is 2.44 bits per heavy atom. The average molecular weight is 235 g/mol. The van der Waals surface area contributed by atoms with E-state index in [9.17, 15) is 0 Å². The molecule has 1 aromatic rings. The first-order valence-corrected chi connectivity index (χ1v) is 7.10. The Bertz CT molecular complexity index is 317. The first-order valence-electron chi connectivity index (χ1n) is 6.11. The first-order chi connectivity index (χ1) is 7.73. The lowest BCUT2D eigenvalue weighted by atomic mass is 9.70. The number of nitrogens with one attached hydrogen (secondary N) is 1. The minimum Gasteiger partial charge on any atom is -0.316 e. The second-order valence-corrected chi connectivity index (χ2v) is 6.20. The van der Waals surface area contributed by atoms with Crippen molar-refractivity contribution in [2.24, 2.45) is 11.3 Å². The molecular formula is C14H21NS. The Balaban J connectivity index is 1.79. The van der Waals surface area contributed by atoms with Gasteiger partial charge in [-0.1, -0.05) is 32.0 Å². The van der Waals surface area contributed by atoms with E-state index in [0.717, 1.165) is 5.92 Å². The summed E-state index contributed by atoms with van der Waals surface area (Å²) in [5.74, 6) is 2.04. The van der Waals surface area contributed by atoms with Crippen LogP contribution in [0.1, 0.15) is 20.3 Å². The molecule has 0 aromatic heterocycles. The fraction of sp³-hybridized carbons (Fsp3) is 0.571. The van der Waals surface area contributed by atoms with Gasteiger partial charge in [0, 0.05) is 18.0 Å². The van der Waals surface area contributed by atoms with Gasteiger partial charge in [0.1, 0.15) is 0 Å². The lowest BCUT2D eigenvalue weighted by Gasteiger charge is -2.46. The van der Waals surface area contributed by atoms with Gasteiger partial charge in [-0.15, -0.1) is 11.8 Å². The summed E-state index contributed by atoms with van der Waals surface area (Å²) in [5.41, 5.74) is 0.571. The fourth-order valence-electron chi connectivity index (χ4n) is 2.21. The minimum absolute atomic E-state index is 0.571. The minimum atomic E-state index is 0.571. The quantitative estimate of drug-likeness (QED) is 0.785. The molecule has 2 rings (SSSR count). The molecule has 0 saturated carbocycles. The zero-order valence-corrected chi connectivity index (χ0v) is 11.0. The summed E-state index contributed by atoms with van der Waals surface area (Å²) in [4.78, 5) is 1.40. The van der Waals surface area contributed by atoms with Crippen molar-refractivity contribution >= 4 is 11.8 Å². The van der Waals surface area contributed by atoms with Crippen molar-refractivity contribution in [1.29, 1.82) is 0 Å². The monoisotopic (exact) mass is 235 g/mol. The highest BCUT2D eigenvalue weighted by Crippen LogP contribution is 2.37. The van der Waals surface area contributed by atoms with E-state index in [1.807, 2.05) is 11.8 Å². The normalized spacial score (nSPS) is 18.4. The summed E-state index contributed by atoms with van der Waals surface area (Å²) >= 11 is 1.99. The van der Waals surface area contributed by atoms with Gasteiger partial charge >= 0.3 is 0 Å². The second-order valence-electron chi connectivity index (χ2n) is 5.03. The van der Waals surface area contributed by atoms with Crippen molar-refractivity contribution in [3.63, 3.8) is 0 Å². The molecule has 88 valence electrons. The SMILES string of the molecule is CC(C)C1(CCSc2ccccc2)CNC1. The van der Waals surface area contributed by atoms with Crippen LogP contribution in [-0.4, -0.2) is 18.8 Å². The molecule has 1 saturated heterocycles. The van der Waals surface area contributed by atoms with Crippen LogP contribution in [0.15, 0.2) is 35.2 Å². The van der Waals surface area contributed by atoms with E-state index in [2.05, 4.69) is 49.5 Å². The maximum atomic E-state index is 3.42. The highest BCUT2D eigenvalue weighted by atomic mass is 32.2. The van der Waals surface area contributed by atoms with Gasteiger partial charge in [0.15, 0.2) is 0 Å². The van der Waals surface area contributed by atoms with E-state index >= 15 is 0 Å². The van der Waals surface area contributed by atoms with Gasteiger partial charge in [0.25, 0.3) is 0 Å². The molecule has 16 heavy (non-hydrogen) atoms. The van der Waals surface area contributed by atoms with Gasteiger partial charge in [-0.05, 0) is 35.6 Å². The van der Waals surface area contributed by atoms with Crippen LogP contribution in [0, 0.1) is 11.3 Å². The van der Waals surface area contributed by atoms with Crippen molar-refractivity contribution in [2.75, 3.05) is 18.8 Å². The van der Waals surface area contributed by atoms with Crippen LogP contribution in [-0.2, 0) is 0 Å². The molecule has 0 aliphatic carbocycles. The summed E-state index contributed by atoms with van der Waals surface area (Å²) in [6, 6.07) is 10.7. The molecule has 0 spiro atoms. The predicted molar refractivity (Wildman–Crippen MR) is 71.9 cm³/mol. The van der Waals surface area contributed by atoms with Crippen LogP contribution in [0.4, 0.5) is 0 Å². The van der Waals surface area contributed by atoms with E-state index < -0.39 is 0 Å². The number of thioether (sulfide) groups is 1. The molecule has 1 aromatic carbocycles. The van der Waals surface area contributed by atoms with Crippen molar-refractivity contribution in [2.45, 2.75) is 25.2 Å². The van der Waals surface area contributed by atoms with Crippen LogP contribution < -0.4 is 5.32 Å². The molecule has 1 nitrogen and oxygen atoms in total. The predicted octanol–water partition coefficient (Wildman–Crippen LogP) is 3.41. The number of rotatable bonds is 5. The van der Waals surface area contributed by atoms with E-state index in [0.29, 0.717) is 5.41 Å². The standard InChI is InChI=1S/C14H21NS/c1-12(2)14(10-15-11-14)8-9-16-13-6-4-3-5-7-13/h3-7,12,15H,8-11H2,1-2H3. The zero-order chi connectivity index (χ0) is 11.4. The third-order valence-corrected chi connectivity index (χ3v) is 4.80. The first kappa shape index (κ1) is 12.0. The molecule has 0 radical (unpaired) electrons. The average Bonchev–Trinajstić information content (AvgIpc) is 2.23. The number of hydrogen-bond acceptors (Lipinski definition) is 2. The van der Waals surface area contributed by atoms with Gasteiger partial charge < -0.3 is 5.32 Å². The third kappa shape index (κ3) is 2.61. The highest BCUT2D eigenvalue weighted by molar-refractivity contribution is 7.99. The van der Waals surface area contributed by atoms with Gasteiger partial charge in [0.2, 0.25) is 0 Å². The smallest absolute Gasteiger partial charge is 0.00719 e. The summed E-state index contributed by atoms with van der Waals surface area (Å²) in [6.07, 6.45) is 1.33. The molecule has 2 heteroatoms. The Morgan fingerprint density at radius 2 is 1.94 bits per heavy atom. The third-order valence-electron chi connectivity index (χ3n) is 3.79. The van der Waals surface area contributed by atoms with Gasteiger partial charge in [-0.2, -0.15) is 0 Å². The highest BCUT2D eigenvalue weighted by Gasteiger charge is 2.38. The van der Waals surface area contributed by atoms with E-state index in [1.165, 1.54) is 30.2 Å². The number of benzene rings is 1. The topological polar surface area (TPSA) is 12.0 Å². The fourth-order valence-corrected chi connectivity index (χ4v) is 3.30. The van der Waals surface area contributed by atoms with E-state index in [4.69, 9.17) is 0 Å². The molecule has 1 heterocycles. The van der Waals surface area contributed by atoms with Gasteiger partial charge in [-0.3, -0.25) is 0 Å². The molecule has 0 bridgehead atoms. The summed E-state index contributed by atoms with van der Waals surface area (Å²) in [6.45, 7) is 7.13. The maximum Gasteiger partial charge on any atom is 0.00719 e. The molecule has 1 aliphatic rings. The van der Waals surface area contributed by atoms with Crippen molar-refractivity contribution in [3.8, 4) is 0 Å². The Kier molecular flexibility index (Phi) is 3.93. The van der Waals surface area contributed by atoms with E-state index in [1.54, 1.807) is 0 Å².